The summed E-state index contributed by atoms with van der Waals surface area (Å²) >= 11 is 0. The van der Waals surface area contributed by atoms with Gasteiger partial charge in [-0.15, -0.1) is 0 Å². The average Bonchev–Trinajstić information content (AvgIpc) is 2.41. The van der Waals surface area contributed by atoms with Crippen LogP contribution in [0, 0.1) is 0 Å². The third-order valence-electron chi connectivity index (χ3n) is 3.19. The van der Waals surface area contributed by atoms with Gasteiger partial charge in [-0.2, -0.15) is 0 Å². The Labute approximate surface area is 84.7 Å². The molecular formula is C12H17NO. The smallest absolute Gasteiger partial charge is 0.0917 e. The summed E-state index contributed by atoms with van der Waals surface area (Å²) < 4.78 is 0. The van der Waals surface area contributed by atoms with Crippen LogP contribution >= 0.6 is 0 Å². The van der Waals surface area contributed by atoms with E-state index in [1.807, 2.05) is 18.2 Å². The fourth-order valence-corrected chi connectivity index (χ4v) is 2.55. The van der Waals surface area contributed by atoms with Crippen molar-refractivity contribution >= 4 is 0 Å². The molecule has 1 aromatic carbocycles. The van der Waals surface area contributed by atoms with Crippen LogP contribution in [-0.4, -0.2) is 11.7 Å². The third kappa shape index (κ3) is 1.35. The van der Waals surface area contributed by atoms with E-state index in [0.29, 0.717) is 18.9 Å². The first-order valence-electron chi connectivity index (χ1n) is 5.19. The molecule has 0 aromatic heterocycles. The zero-order chi connectivity index (χ0) is 10.2. The number of hydrogen-bond acceptors (Lipinski definition) is 2. The molecule has 1 aromatic rings. The molecule has 0 fully saturated rings. The zero-order valence-electron chi connectivity index (χ0n) is 8.53. The minimum Gasteiger partial charge on any atom is -0.385 e. The molecule has 2 unspecified atom stereocenters. The van der Waals surface area contributed by atoms with Crippen molar-refractivity contribution in [2.45, 2.75) is 31.3 Å². The van der Waals surface area contributed by atoms with Crippen molar-refractivity contribution in [1.29, 1.82) is 0 Å². The van der Waals surface area contributed by atoms with E-state index in [4.69, 9.17) is 5.73 Å². The van der Waals surface area contributed by atoms with Crippen LogP contribution in [0.25, 0.3) is 0 Å². The Hall–Kier alpha value is -0.860. The largest absolute Gasteiger partial charge is 0.385 e. The fraction of sp³-hybridized carbons (Fsp3) is 0.500. The van der Waals surface area contributed by atoms with Crippen molar-refractivity contribution < 1.29 is 5.11 Å². The minimum absolute atomic E-state index is 0.447. The first-order valence-corrected chi connectivity index (χ1v) is 5.19. The van der Waals surface area contributed by atoms with Crippen molar-refractivity contribution in [3.63, 3.8) is 0 Å². The molecule has 1 aliphatic rings. The van der Waals surface area contributed by atoms with Crippen LogP contribution in [0.2, 0.25) is 0 Å². The van der Waals surface area contributed by atoms with E-state index in [9.17, 15) is 5.11 Å². The first kappa shape index (κ1) is 9.69. The molecule has 14 heavy (non-hydrogen) atoms. The van der Waals surface area contributed by atoms with Gasteiger partial charge >= 0.3 is 0 Å². The van der Waals surface area contributed by atoms with Crippen LogP contribution in [0.5, 0.6) is 0 Å². The van der Waals surface area contributed by atoms with Crippen LogP contribution in [0.4, 0.5) is 0 Å². The van der Waals surface area contributed by atoms with Crippen molar-refractivity contribution in [2.24, 2.45) is 5.73 Å². The van der Waals surface area contributed by atoms with Gasteiger partial charge in [0.05, 0.1) is 5.60 Å². The topological polar surface area (TPSA) is 46.2 Å². The highest BCUT2D eigenvalue weighted by Gasteiger charge is 2.39. The van der Waals surface area contributed by atoms with Gasteiger partial charge in [-0.05, 0) is 36.4 Å². The summed E-state index contributed by atoms with van der Waals surface area (Å²) in [6, 6.07) is 8.14. The van der Waals surface area contributed by atoms with E-state index in [-0.39, 0.29) is 0 Å². The number of hydrogen-bond donors (Lipinski definition) is 2. The molecular weight excluding hydrogens is 174 g/mol. The second kappa shape index (κ2) is 3.37. The monoisotopic (exact) mass is 191 g/mol. The highest BCUT2D eigenvalue weighted by molar-refractivity contribution is 5.40. The van der Waals surface area contributed by atoms with E-state index >= 15 is 0 Å². The fourth-order valence-electron chi connectivity index (χ4n) is 2.55. The molecule has 2 heteroatoms. The predicted octanol–water partition coefficient (Wildman–Crippen LogP) is 1.73. The lowest BCUT2D eigenvalue weighted by molar-refractivity contribution is 0.0281. The van der Waals surface area contributed by atoms with Gasteiger partial charge in [-0.3, -0.25) is 0 Å². The number of nitrogens with two attached hydrogens (primary N) is 1. The SMILES string of the molecule is CC1CC(O)(CCN)c2ccccc21. The maximum Gasteiger partial charge on any atom is 0.0917 e. The van der Waals surface area contributed by atoms with Crippen LogP contribution in [-0.2, 0) is 5.60 Å². The normalized spacial score (nSPS) is 30.4. The van der Waals surface area contributed by atoms with Crippen LogP contribution in [0.15, 0.2) is 24.3 Å². The Morgan fingerprint density at radius 2 is 2.21 bits per heavy atom. The number of rotatable bonds is 2. The van der Waals surface area contributed by atoms with E-state index in [1.54, 1.807) is 0 Å². The van der Waals surface area contributed by atoms with Crippen molar-refractivity contribution in [3.8, 4) is 0 Å². The Balaban J connectivity index is 2.43. The van der Waals surface area contributed by atoms with Gasteiger partial charge in [0.1, 0.15) is 0 Å². The molecule has 2 nitrogen and oxygen atoms in total. The standard InChI is InChI=1S/C12H17NO/c1-9-8-12(14,6-7-13)11-5-3-2-4-10(9)11/h2-5,9,14H,6-8,13H2,1H3. The summed E-state index contributed by atoms with van der Waals surface area (Å²) in [7, 11) is 0. The van der Waals surface area contributed by atoms with Crippen LogP contribution < -0.4 is 5.73 Å². The lowest BCUT2D eigenvalue weighted by Crippen LogP contribution is -2.26. The van der Waals surface area contributed by atoms with Gasteiger partial charge in [0.2, 0.25) is 0 Å². The van der Waals surface area contributed by atoms with Crippen molar-refractivity contribution in [2.75, 3.05) is 6.54 Å². The second-order valence-electron chi connectivity index (χ2n) is 4.26. The molecule has 0 bridgehead atoms. The number of fused-ring (bicyclic) bond motifs is 1. The summed E-state index contributed by atoms with van der Waals surface area (Å²) in [5.41, 5.74) is 7.22. The summed E-state index contributed by atoms with van der Waals surface area (Å²) in [5, 5.41) is 10.4. The van der Waals surface area contributed by atoms with Gasteiger partial charge in [0.25, 0.3) is 0 Å². The molecule has 0 radical (unpaired) electrons. The molecule has 0 aliphatic heterocycles. The van der Waals surface area contributed by atoms with Gasteiger partial charge in [-0.25, -0.2) is 0 Å². The Kier molecular flexibility index (Phi) is 2.33. The highest BCUT2D eigenvalue weighted by atomic mass is 16.3. The molecule has 2 rings (SSSR count). The highest BCUT2D eigenvalue weighted by Crippen LogP contribution is 2.45. The van der Waals surface area contributed by atoms with Crippen LogP contribution in [0.1, 0.15) is 36.8 Å². The summed E-state index contributed by atoms with van der Waals surface area (Å²) in [6.45, 7) is 2.70. The van der Waals surface area contributed by atoms with Gasteiger partial charge in [-0.1, -0.05) is 31.2 Å². The lowest BCUT2D eigenvalue weighted by atomic mass is 9.92. The molecule has 2 atom stereocenters. The Bertz CT molecular complexity index is 337. The molecule has 3 N–H and O–H groups in total. The van der Waals surface area contributed by atoms with Crippen molar-refractivity contribution in [1.82, 2.24) is 0 Å². The van der Waals surface area contributed by atoms with Gasteiger partial charge < -0.3 is 10.8 Å². The van der Waals surface area contributed by atoms with Gasteiger partial charge in [0.15, 0.2) is 0 Å². The zero-order valence-corrected chi connectivity index (χ0v) is 8.53. The quantitative estimate of drug-likeness (QED) is 0.747. The summed E-state index contributed by atoms with van der Waals surface area (Å²) in [6.07, 6.45) is 1.47. The number of benzene rings is 1. The summed E-state index contributed by atoms with van der Waals surface area (Å²) in [4.78, 5) is 0. The maximum atomic E-state index is 10.4. The minimum atomic E-state index is -0.676. The van der Waals surface area contributed by atoms with Crippen LogP contribution in [0.3, 0.4) is 0 Å². The Morgan fingerprint density at radius 3 is 2.93 bits per heavy atom. The molecule has 1 aliphatic carbocycles. The van der Waals surface area contributed by atoms with E-state index < -0.39 is 5.60 Å². The molecule has 0 amide bonds. The molecule has 0 saturated heterocycles. The first-order chi connectivity index (χ1) is 6.67. The van der Waals surface area contributed by atoms with E-state index in [1.165, 1.54) is 5.56 Å². The van der Waals surface area contributed by atoms with Gasteiger partial charge in [0, 0.05) is 0 Å². The molecule has 0 saturated carbocycles. The Morgan fingerprint density at radius 1 is 1.50 bits per heavy atom. The van der Waals surface area contributed by atoms with E-state index in [0.717, 1.165) is 12.0 Å². The maximum absolute atomic E-state index is 10.4. The average molecular weight is 191 g/mol. The third-order valence-corrected chi connectivity index (χ3v) is 3.19. The molecule has 0 heterocycles. The van der Waals surface area contributed by atoms with E-state index in [2.05, 4.69) is 13.0 Å². The number of aliphatic hydroxyl groups is 1. The lowest BCUT2D eigenvalue weighted by Gasteiger charge is -2.23. The molecule has 0 spiro atoms. The van der Waals surface area contributed by atoms with Crippen molar-refractivity contribution in [3.05, 3.63) is 35.4 Å². The predicted molar refractivity (Wildman–Crippen MR) is 57.0 cm³/mol. The molecule has 76 valence electrons. The second-order valence-corrected chi connectivity index (χ2v) is 4.26. The summed E-state index contributed by atoms with van der Waals surface area (Å²) in [5.74, 6) is 0.447.